The molecule has 3 aromatic rings. The van der Waals surface area contributed by atoms with E-state index in [1.807, 2.05) is 0 Å². The van der Waals surface area contributed by atoms with Gasteiger partial charge in [-0.1, -0.05) is 23.7 Å². The van der Waals surface area contributed by atoms with Gasteiger partial charge in [-0.25, -0.2) is 19.0 Å². The van der Waals surface area contributed by atoms with E-state index in [1.54, 1.807) is 12.1 Å². The number of fused-ring (bicyclic) bond motifs is 1. The Morgan fingerprint density at radius 3 is 2.86 bits per heavy atom. The van der Waals surface area contributed by atoms with Crippen LogP contribution in [0.1, 0.15) is 33.4 Å². The lowest BCUT2D eigenvalue weighted by atomic mass is 9.95. The van der Waals surface area contributed by atoms with Crippen LogP contribution < -0.4 is 5.32 Å². The smallest absolute Gasteiger partial charge is 0.335 e. The van der Waals surface area contributed by atoms with Crippen LogP contribution >= 0.6 is 11.6 Å². The van der Waals surface area contributed by atoms with Crippen molar-refractivity contribution < 1.29 is 19.1 Å². The van der Waals surface area contributed by atoms with Gasteiger partial charge in [0.15, 0.2) is 0 Å². The summed E-state index contributed by atoms with van der Waals surface area (Å²) >= 11 is 5.88. The minimum absolute atomic E-state index is 0.0522. The Balaban J connectivity index is 1.69. The number of benzene rings is 2. The van der Waals surface area contributed by atoms with Crippen molar-refractivity contribution in [1.29, 1.82) is 0 Å². The summed E-state index contributed by atoms with van der Waals surface area (Å²) in [5, 5.41) is 12.1. The van der Waals surface area contributed by atoms with Crippen LogP contribution in [-0.4, -0.2) is 38.5 Å². The number of imidazole rings is 1. The van der Waals surface area contributed by atoms with Crippen LogP contribution in [0.5, 0.6) is 0 Å². The molecule has 0 unspecified atom stereocenters. The molecule has 0 saturated heterocycles. The monoisotopic (exact) mass is 414 g/mol. The Labute approximate surface area is 170 Å². The number of hydrogen-bond acceptors (Lipinski definition) is 3. The van der Waals surface area contributed by atoms with E-state index in [2.05, 4.69) is 15.3 Å². The SMILES string of the molecule is O=C(O)c1cccc(NC(=O)N2CCc3[nH]cnc3[C@@H]2c2ccc(Cl)cc2F)c1. The highest BCUT2D eigenvalue weighted by atomic mass is 35.5. The van der Waals surface area contributed by atoms with Gasteiger partial charge in [-0.2, -0.15) is 0 Å². The first-order valence-electron chi connectivity index (χ1n) is 8.82. The molecule has 9 heteroatoms. The fraction of sp³-hybridized carbons (Fsp3) is 0.150. The summed E-state index contributed by atoms with van der Waals surface area (Å²) in [7, 11) is 0. The number of halogens is 2. The minimum Gasteiger partial charge on any atom is -0.478 e. The predicted molar refractivity (Wildman–Crippen MR) is 105 cm³/mol. The van der Waals surface area contributed by atoms with E-state index in [0.29, 0.717) is 24.3 Å². The van der Waals surface area contributed by atoms with Gasteiger partial charge < -0.3 is 20.3 Å². The third-order valence-corrected chi connectivity index (χ3v) is 5.04. The summed E-state index contributed by atoms with van der Waals surface area (Å²) in [6.07, 6.45) is 2.05. The van der Waals surface area contributed by atoms with Crippen LogP contribution in [0.2, 0.25) is 5.02 Å². The molecular formula is C20H16ClFN4O3. The number of carboxylic acids is 1. The molecule has 0 aliphatic carbocycles. The van der Waals surface area contributed by atoms with Crippen LogP contribution in [0, 0.1) is 5.82 Å². The molecule has 0 bridgehead atoms. The molecule has 0 fully saturated rings. The zero-order chi connectivity index (χ0) is 20.5. The summed E-state index contributed by atoms with van der Waals surface area (Å²) < 4.78 is 14.7. The largest absolute Gasteiger partial charge is 0.478 e. The van der Waals surface area contributed by atoms with Crippen LogP contribution in [0.25, 0.3) is 0 Å². The van der Waals surface area contributed by atoms with Gasteiger partial charge in [0.25, 0.3) is 0 Å². The lowest BCUT2D eigenvalue weighted by Gasteiger charge is -2.35. The van der Waals surface area contributed by atoms with Gasteiger partial charge in [-0.05, 0) is 30.3 Å². The normalized spacial score (nSPS) is 15.7. The van der Waals surface area contributed by atoms with E-state index in [4.69, 9.17) is 16.7 Å². The minimum atomic E-state index is -1.10. The van der Waals surface area contributed by atoms with Crippen molar-refractivity contribution in [1.82, 2.24) is 14.9 Å². The lowest BCUT2D eigenvalue weighted by Crippen LogP contribution is -2.43. The van der Waals surface area contributed by atoms with E-state index >= 15 is 0 Å². The fourth-order valence-electron chi connectivity index (χ4n) is 3.46. The quantitative estimate of drug-likeness (QED) is 0.601. The number of nitrogens with one attached hydrogen (secondary N) is 2. The Hall–Kier alpha value is -3.39. The predicted octanol–water partition coefficient (Wildman–Crippen LogP) is 4.08. The number of aromatic carboxylic acids is 1. The van der Waals surface area contributed by atoms with Crippen LogP contribution in [0.4, 0.5) is 14.9 Å². The average Bonchev–Trinajstić information content (AvgIpc) is 3.16. The molecule has 0 saturated carbocycles. The van der Waals surface area contributed by atoms with E-state index in [-0.39, 0.29) is 16.1 Å². The first-order chi connectivity index (χ1) is 13.9. The number of carboxylic acid groups (broad SMARTS) is 1. The number of amides is 2. The molecule has 0 radical (unpaired) electrons. The maximum atomic E-state index is 14.7. The fourth-order valence-corrected chi connectivity index (χ4v) is 3.62. The molecule has 29 heavy (non-hydrogen) atoms. The molecule has 7 nitrogen and oxygen atoms in total. The second-order valence-corrected chi connectivity index (χ2v) is 7.03. The average molecular weight is 415 g/mol. The second-order valence-electron chi connectivity index (χ2n) is 6.59. The standard InChI is InChI=1S/C20H16ClFN4O3/c21-12-4-5-14(15(22)9-12)18-17-16(23-10-24-17)6-7-26(18)20(29)25-13-3-1-2-11(8-13)19(27)28/h1-5,8-10,18H,6-7H2,(H,23,24)(H,25,29)(H,27,28)/t18-/m0/s1. The molecule has 1 aliphatic heterocycles. The Kier molecular flexibility index (Phi) is 4.94. The maximum absolute atomic E-state index is 14.7. The molecule has 2 amide bonds. The van der Waals surface area contributed by atoms with Crippen LogP contribution in [0.3, 0.4) is 0 Å². The summed E-state index contributed by atoms with van der Waals surface area (Å²) in [6, 6.07) is 8.99. The number of hydrogen-bond donors (Lipinski definition) is 3. The second kappa shape index (κ2) is 7.56. The molecule has 0 spiro atoms. The van der Waals surface area contributed by atoms with Gasteiger partial charge in [0, 0.05) is 34.9 Å². The highest BCUT2D eigenvalue weighted by Gasteiger charge is 2.35. The number of aromatic nitrogens is 2. The molecule has 3 N–H and O–H groups in total. The lowest BCUT2D eigenvalue weighted by molar-refractivity contribution is 0.0697. The molecule has 2 heterocycles. The zero-order valence-electron chi connectivity index (χ0n) is 15.0. The number of anilines is 1. The Morgan fingerprint density at radius 1 is 1.28 bits per heavy atom. The molecule has 1 atom stereocenters. The van der Waals surface area contributed by atoms with Crippen LogP contribution in [0.15, 0.2) is 48.8 Å². The van der Waals surface area contributed by atoms with Crippen molar-refractivity contribution >= 4 is 29.3 Å². The molecule has 1 aromatic heterocycles. The van der Waals surface area contributed by atoms with E-state index in [0.717, 1.165) is 5.69 Å². The molecule has 148 valence electrons. The summed E-state index contributed by atoms with van der Waals surface area (Å²) in [5.74, 6) is -1.63. The highest BCUT2D eigenvalue weighted by molar-refractivity contribution is 6.30. The number of rotatable bonds is 3. The number of urea groups is 1. The molecule has 4 rings (SSSR count). The molecule has 1 aliphatic rings. The third-order valence-electron chi connectivity index (χ3n) is 4.80. The van der Waals surface area contributed by atoms with Gasteiger partial charge in [0.1, 0.15) is 11.9 Å². The van der Waals surface area contributed by atoms with Crippen molar-refractivity contribution in [2.45, 2.75) is 12.5 Å². The van der Waals surface area contributed by atoms with Gasteiger partial charge in [0.2, 0.25) is 0 Å². The zero-order valence-corrected chi connectivity index (χ0v) is 15.8. The topological polar surface area (TPSA) is 98.3 Å². The van der Waals surface area contributed by atoms with E-state index in [9.17, 15) is 14.0 Å². The van der Waals surface area contributed by atoms with E-state index < -0.39 is 23.9 Å². The Morgan fingerprint density at radius 2 is 2.10 bits per heavy atom. The van der Waals surface area contributed by atoms with Gasteiger partial charge >= 0.3 is 12.0 Å². The number of H-pyrrole nitrogens is 1. The highest BCUT2D eigenvalue weighted by Crippen LogP contribution is 2.35. The maximum Gasteiger partial charge on any atom is 0.335 e. The number of aromatic amines is 1. The summed E-state index contributed by atoms with van der Waals surface area (Å²) in [5.41, 5.74) is 2.06. The Bertz CT molecular complexity index is 1100. The van der Waals surface area contributed by atoms with Gasteiger partial charge in [-0.15, -0.1) is 0 Å². The molecule has 2 aromatic carbocycles. The first kappa shape index (κ1) is 18.9. The number of carbonyl (C=O) groups excluding carboxylic acids is 1. The number of nitrogens with zero attached hydrogens (tertiary/aromatic N) is 2. The molecular weight excluding hydrogens is 399 g/mol. The van der Waals surface area contributed by atoms with Crippen molar-refractivity contribution in [2.24, 2.45) is 0 Å². The van der Waals surface area contributed by atoms with Gasteiger partial charge in [-0.3, -0.25) is 0 Å². The summed E-state index contributed by atoms with van der Waals surface area (Å²) in [4.78, 5) is 33.0. The number of carbonyl (C=O) groups is 2. The first-order valence-corrected chi connectivity index (χ1v) is 9.20. The summed E-state index contributed by atoms with van der Waals surface area (Å²) in [6.45, 7) is 0.326. The van der Waals surface area contributed by atoms with Crippen molar-refractivity contribution in [3.63, 3.8) is 0 Å². The van der Waals surface area contributed by atoms with E-state index in [1.165, 1.54) is 41.6 Å². The van der Waals surface area contributed by atoms with Crippen LogP contribution in [-0.2, 0) is 6.42 Å². The van der Waals surface area contributed by atoms with Crippen molar-refractivity contribution in [2.75, 3.05) is 11.9 Å². The van der Waals surface area contributed by atoms with Crippen molar-refractivity contribution in [3.8, 4) is 0 Å². The third kappa shape index (κ3) is 3.66. The van der Waals surface area contributed by atoms with Crippen molar-refractivity contribution in [3.05, 3.63) is 82.1 Å². The van der Waals surface area contributed by atoms with Gasteiger partial charge in [0.05, 0.1) is 17.6 Å².